The van der Waals surface area contributed by atoms with Gasteiger partial charge in [0.1, 0.15) is 6.29 Å². The Kier molecular flexibility index (Phi) is 5.28. The lowest BCUT2D eigenvalue weighted by molar-refractivity contribution is -0.104. The van der Waals surface area contributed by atoms with Crippen LogP contribution in [0.5, 0.6) is 0 Å². The fraction of sp³-hybridized carbons (Fsp3) is 0.353. The van der Waals surface area contributed by atoms with E-state index in [9.17, 15) is 19.5 Å². The Morgan fingerprint density at radius 2 is 1.91 bits per heavy atom. The van der Waals surface area contributed by atoms with Gasteiger partial charge in [0.15, 0.2) is 0 Å². The molecule has 6 heteroatoms. The van der Waals surface area contributed by atoms with Gasteiger partial charge in [-0.25, -0.2) is 4.79 Å². The highest BCUT2D eigenvalue weighted by Gasteiger charge is 2.44. The number of aliphatic hydroxyl groups is 1. The van der Waals surface area contributed by atoms with E-state index in [4.69, 9.17) is 0 Å². The third-order valence-electron chi connectivity index (χ3n) is 4.00. The summed E-state index contributed by atoms with van der Waals surface area (Å²) in [5, 5.41) is 9.43. The van der Waals surface area contributed by atoms with E-state index in [0.717, 1.165) is 17.7 Å². The second-order valence-corrected chi connectivity index (χ2v) is 5.78. The van der Waals surface area contributed by atoms with Gasteiger partial charge in [0, 0.05) is 30.8 Å². The van der Waals surface area contributed by atoms with Crippen LogP contribution in [0.15, 0.2) is 42.6 Å². The summed E-state index contributed by atoms with van der Waals surface area (Å²) in [5.74, 6) is -0.422. The lowest BCUT2D eigenvalue weighted by atomic mass is 10.1. The SMILES string of the molecule is CN(C(=O)c1ccccc1)C(=O)N(/C=C\C=O)CC1(CO)CC1. The summed E-state index contributed by atoms with van der Waals surface area (Å²) in [7, 11) is 1.40. The van der Waals surface area contributed by atoms with Crippen molar-refractivity contribution in [2.75, 3.05) is 20.2 Å². The number of rotatable bonds is 6. The van der Waals surface area contributed by atoms with E-state index in [-0.39, 0.29) is 18.6 Å². The van der Waals surface area contributed by atoms with Crippen molar-refractivity contribution in [2.45, 2.75) is 12.8 Å². The first kappa shape index (κ1) is 16.9. The summed E-state index contributed by atoms with van der Waals surface area (Å²) >= 11 is 0. The van der Waals surface area contributed by atoms with E-state index in [2.05, 4.69) is 0 Å². The fourth-order valence-corrected chi connectivity index (χ4v) is 2.28. The van der Waals surface area contributed by atoms with Gasteiger partial charge in [0.2, 0.25) is 0 Å². The van der Waals surface area contributed by atoms with Crippen LogP contribution in [0.4, 0.5) is 4.79 Å². The molecule has 0 spiro atoms. The number of amides is 3. The monoisotopic (exact) mass is 316 g/mol. The molecule has 1 aromatic rings. The van der Waals surface area contributed by atoms with Gasteiger partial charge in [-0.05, 0) is 31.1 Å². The average molecular weight is 316 g/mol. The molecular weight excluding hydrogens is 296 g/mol. The standard InChI is InChI=1S/C17H20N2O4/c1-18(15(22)14-6-3-2-4-7-14)16(23)19(10-5-11-20)12-17(13-21)8-9-17/h2-7,10-11,21H,8-9,12-13H2,1H3/b10-5-. The molecule has 0 aromatic heterocycles. The Bertz CT molecular complexity index is 608. The topological polar surface area (TPSA) is 77.9 Å². The Balaban J connectivity index is 2.14. The van der Waals surface area contributed by atoms with Crippen LogP contribution in [0.2, 0.25) is 0 Å². The van der Waals surface area contributed by atoms with Gasteiger partial charge in [-0.3, -0.25) is 19.4 Å². The molecule has 1 fully saturated rings. The van der Waals surface area contributed by atoms with Crippen LogP contribution in [0.1, 0.15) is 23.2 Å². The van der Waals surface area contributed by atoms with E-state index >= 15 is 0 Å². The van der Waals surface area contributed by atoms with Crippen molar-refractivity contribution >= 4 is 18.2 Å². The average Bonchev–Trinajstić information content (AvgIpc) is 3.37. The fourth-order valence-electron chi connectivity index (χ4n) is 2.28. The van der Waals surface area contributed by atoms with Crippen LogP contribution in [0.25, 0.3) is 0 Å². The first-order valence-corrected chi connectivity index (χ1v) is 7.39. The van der Waals surface area contributed by atoms with Crippen molar-refractivity contribution in [3.05, 3.63) is 48.2 Å². The second kappa shape index (κ2) is 7.19. The quantitative estimate of drug-likeness (QED) is 0.639. The highest BCUT2D eigenvalue weighted by atomic mass is 16.3. The van der Waals surface area contributed by atoms with E-state index in [1.165, 1.54) is 24.2 Å². The molecule has 0 atom stereocenters. The van der Waals surface area contributed by atoms with Gasteiger partial charge in [0.25, 0.3) is 5.91 Å². The Labute approximate surface area is 135 Å². The predicted octanol–water partition coefficient (Wildman–Crippen LogP) is 1.67. The molecule has 2 rings (SSSR count). The zero-order valence-corrected chi connectivity index (χ0v) is 13.0. The molecule has 0 saturated heterocycles. The molecule has 0 unspecified atom stereocenters. The highest BCUT2D eigenvalue weighted by molar-refractivity contribution is 6.04. The highest BCUT2D eigenvalue weighted by Crippen LogP contribution is 2.45. The minimum absolute atomic E-state index is 0.0257. The lowest BCUT2D eigenvalue weighted by Gasteiger charge is -2.27. The summed E-state index contributed by atoms with van der Waals surface area (Å²) in [6, 6.07) is 7.97. The molecule has 6 nitrogen and oxygen atoms in total. The molecule has 0 aliphatic heterocycles. The number of carbonyl (C=O) groups excluding carboxylic acids is 3. The molecule has 1 aliphatic rings. The molecule has 1 aromatic carbocycles. The van der Waals surface area contributed by atoms with E-state index < -0.39 is 11.9 Å². The molecule has 122 valence electrons. The third kappa shape index (κ3) is 4.04. The number of imide groups is 1. The number of aliphatic hydroxyl groups excluding tert-OH is 1. The van der Waals surface area contributed by atoms with Gasteiger partial charge in [-0.2, -0.15) is 0 Å². The maximum atomic E-state index is 12.6. The zero-order chi connectivity index (χ0) is 16.9. The van der Waals surface area contributed by atoms with Crippen LogP contribution >= 0.6 is 0 Å². The Morgan fingerprint density at radius 1 is 1.26 bits per heavy atom. The largest absolute Gasteiger partial charge is 0.396 e. The van der Waals surface area contributed by atoms with Crippen LogP contribution in [0, 0.1) is 5.41 Å². The molecule has 0 heterocycles. The van der Waals surface area contributed by atoms with Crippen molar-refractivity contribution in [2.24, 2.45) is 5.41 Å². The third-order valence-corrected chi connectivity index (χ3v) is 4.00. The van der Waals surface area contributed by atoms with Crippen LogP contribution in [-0.4, -0.2) is 53.3 Å². The van der Waals surface area contributed by atoms with E-state index in [1.54, 1.807) is 30.3 Å². The number of aldehydes is 1. The molecule has 0 bridgehead atoms. The van der Waals surface area contributed by atoms with Crippen molar-refractivity contribution in [3.63, 3.8) is 0 Å². The van der Waals surface area contributed by atoms with Gasteiger partial charge >= 0.3 is 6.03 Å². The smallest absolute Gasteiger partial charge is 0.330 e. The molecule has 0 radical (unpaired) electrons. The maximum absolute atomic E-state index is 12.6. The van der Waals surface area contributed by atoms with Crippen LogP contribution in [-0.2, 0) is 4.79 Å². The minimum Gasteiger partial charge on any atom is -0.396 e. The first-order valence-electron chi connectivity index (χ1n) is 7.39. The van der Waals surface area contributed by atoms with Gasteiger partial charge in [0.05, 0.1) is 6.61 Å². The zero-order valence-electron chi connectivity index (χ0n) is 13.0. The molecular formula is C17H20N2O4. The number of carbonyl (C=O) groups is 3. The summed E-state index contributed by atoms with van der Waals surface area (Å²) in [6.45, 7) is 0.251. The number of nitrogens with zero attached hydrogens (tertiary/aromatic N) is 2. The molecule has 3 amide bonds. The van der Waals surface area contributed by atoms with Crippen molar-refractivity contribution in [1.29, 1.82) is 0 Å². The summed E-state index contributed by atoms with van der Waals surface area (Å²) < 4.78 is 0. The van der Waals surface area contributed by atoms with Gasteiger partial charge in [-0.15, -0.1) is 0 Å². The number of benzene rings is 1. The van der Waals surface area contributed by atoms with Crippen molar-refractivity contribution < 1.29 is 19.5 Å². The van der Waals surface area contributed by atoms with Crippen LogP contribution in [0.3, 0.4) is 0 Å². The number of urea groups is 1. The van der Waals surface area contributed by atoms with E-state index in [1.807, 2.05) is 0 Å². The minimum atomic E-state index is -0.531. The number of allylic oxidation sites excluding steroid dienone is 1. The van der Waals surface area contributed by atoms with Gasteiger partial charge < -0.3 is 5.11 Å². The molecule has 1 saturated carbocycles. The van der Waals surface area contributed by atoms with E-state index in [0.29, 0.717) is 11.8 Å². The molecule has 1 N–H and O–H groups in total. The van der Waals surface area contributed by atoms with Gasteiger partial charge in [-0.1, -0.05) is 18.2 Å². The van der Waals surface area contributed by atoms with Crippen molar-refractivity contribution in [3.8, 4) is 0 Å². The summed E-state index contributed by atoms with van der Waals surface area (Å²) in [6.07, 6.45) is 4.75. The lowest BCUT2D eigenvalue weighted by Crippen LogP contribution is -2.44. The number of hydrogen-bond acceptors (Lipinski definition) is 4. The Hall–Kier alpha value is -2.47. The summed E-state index contributed by atoms with van der Waals surface area (Å²) in [5.41, 5.74) is 0.0884. The van der Waals surface area contributed by atoms with Crippen molar-refractivity contribution in [1.82, 2.24) is 9.80 Å². The first-order chi connectivity index (χ1) is 11.0. The summed E-state index contributed by atoms with van der Waals surface area (Å²) in [4.78, 5) is 37.8. The Morgan fingerprint density at radius 3 is 2.43 bits per heavy atom. The van der Waals surface area contributed by atoms with Crippen LogP contribution < -0.4 is 0 Å². The predicted molar refractivity (Wildman–Crippen MR) is 84.6 cm³/mol. The molecule has 23 heavy (non-hydrogen) atoms. The molecule has 1 aliphatic carbocycles. The maximum Gasteiger partial charge on any atom is 0.330 e. The second-order valence-electron chi connectivity index (χ2n) is 5.78. The number of hydrogen-bond donors (Lipinski definition) is 1. The normalized spacial score (nSPS) is 15.2.